The van der Waals surface area contributed by atoms with E-state index in [1.165, 1.54) is 0 Å². The number of carbonyl (C=O) groups is 1. The summed E-state index contributed by atoms with van der Waals surface area (Å²) in [7, 11) is 0. The quantitative estimate of drug-likeness (QED) is 0.602. The van der Waals surface area contributed by atoms with Crippen molar-refractivity contribution in [2.45, 2.75) is 20.3 Å². The molecule has 1 atom stereocenters. The summed E-state index contributed by atoms with van der Waals surface area (Å²) in [6.45, 7) is 5.77. The van der Waals surface area contributed by atoms with Crippen molar-refractivity contribution in [3.8, 4) is 0 Å². The molecule has 1 aliphatic heterocycles. The summed E-state index contributed by atoms with van der Waals surface area (Å²) in [6, 6.07) is 0. The molecule has 1 N–H and O–H groups in total. The zero-order valence-corrected chi connectivity index (χ0v) is 7.18. The van der Waals surface area contributed by atoms with Crippen LogP contribution in [-0.4, -0.2) is 18.9 Å². The fourth-order valence-corrected chi connectivity index (χ4v) is 1.30. The Hall–Kier alpha value is -0.630. The number of carbonyl (C=O) groups excluding carboxylic acids is 1. The molecule has 1 saturated heterocycles. The summed E-state index contributed by atoms with van der Waals surface area (Å²) in [4.78, 5) is 11.3. The van der Waals surface area contributed by atoms with E-state index in [0.717, 1.165) is 25.1 Å². The first-order chi connectivity index (χ1) is 5.20. The molecule has 0 amide bonds. The highest BCUT2D eigenvalue weighted by Gasteiger charge is 2.19. The van der Waals surface area contributed by atoms with Gasteiger partial charge in [-0.15, -0.1) is 0 Å². The maximum atomic E-state index is 11.3. The van der Waals surface area contributed by atoms with Gasteiger partial charge in [-0.25, -0.2) is 0 Å². The van der Waals surface area contributed by atoms with Crippen molar-refractivity contribution in [3.63, 3.8) is 0 Å². The molecule has 0 bridgehead atoms. The van der Waals surface area contributed by atoms with Gasteiger partial charge < -0.3 is 5.32 Å². The van der Waals surface area contributed by atoms with Gasteiger partial charge >= 0.3 is 0 Å². The molecule has 1 rings (SSSR count). The van der Waals surface area contributed by atoms with Crippen molar-refractivity contribution in [1.29, 1.82) is 0 Å². The van der Waals surface area contributed by atoms with Gasteiger partial charge in [0.05, 0.1) is 0 Å². The minimum atomic E-state index is 0.241. The molecule has 1 heterocycles. The van der Waals surface area contributed by atoms with E-state index in [4.69, 9.17) is 0 Å². The van der Waals surface area contributed by atoms with Gasteiger partial charge in [0.2, 0.25) is 0 Å². The van der Waals surface area contributed by atoms with Crippen LogP contribution >= 0.6 is 0 Å². The molecule has 2 heteroatoms. The van der Waals surface area contributed by atoms with Gasteiger partial charge in [0.25, 0.3) is 0 Å². The molecule has 1 unspecified atom stereocenters. The van der Waals surface area contributed by atoms with Crippen molar-refractivity contribution in [2.24, 2.45) is 5.92 Å². The second-order valence-corrected chi connectivity index (χ2v) is 3.31. The van der Waals surface area contributed by atoms with Crippen LogP contribution in [0.2, 0.25) is 0 Å². The van der Waals surface area contributed by atoms with Crippen LogP contribution in [0.3, 0.4) is 0 Å². The summed E-state index contributed by atoms with van der Waals surface area (Å²) in [5.74, 6) is 0.528. The molecule has 11 heavy (non-hydrogen) atoms. The predicted octanol–water partition coefficient (Wildman–Crippen LogP) is 1.13. The molecule has 62 valence electrons. The van der Waals surface area contributed by atoms with Crippen LogP contribution in [0.15, 0.2) is 11.6 Å². The number of hydrogen-bond acceptors (Lipinski definition) is 2. The molecular formula is C9H15NO. The lowest BCUT2D eigenvalue weighted by atomic mass is 10.0. The maximum Gasteiger partial charge on any atom is 0.160 e. The lowest BCUT2D eigenvalue weighted by molar-refractivity contribution is -0.117. The largest absolute Gasteiger partial charge is 0.316 e. The zero-order valence-electron chi connectivity index (χ0n) is 7.18. The summed E-state index contributed by atoms with van der Waals surface area (Å²) in [5, 5.41) is 3.18. The number of ketones is 1. The minimum absolute atomic E-state index is 0.241. The van der Waals surface area contributed by atoms with Gasteiger partial charge in [-0.05, 0) is 32.9 Å². The van der Waals surface area contributed by atoms with E-state index < -0.39 is 0 Å². The van der Waals surface area contributed by atoms with Gasteiger partial charge in [-0.2, -0.15) is 0 Å². The second kappa shape index (κ2) is 3.67. The Morgan fingerprint density at radius 3 is 2.73 bits per heavy atom. The minimum Gasteiger partial charge on any atom is -0.316 e. The zero-order chi connectivity index (χ0) is 8.27. The molecule has 1 fully saturated rings. The van der Waals surface area contributed by atoms with E-state index in [1.54, 1.807) is 6.08 Å². The third-order valence-corrected chi connectivity index (χ3v) is 1.89. The molecule has 0 aliphatic carbocycles. The SMILES string of the molecule is CC(C)=CC(=O)C1CCNC1. The van der Waals surface area contributed by atoms with Crippen LogP contribution in [0.4, 0.5) is 0 Å². The van der Waals surface area contributed by atoms with Crippen molar-refractivity contribution in [1.82, 2.24) is 5.32 Å². The molecule has 0 aromatic carbocycles. The van der Waals surface area contributed by atoms with Gasteiger partial charge in [0.1, 0.15) is 0 Å². The van der Waals surface area contributed by atoms with Crippen molar-refractivity contribution < 1.29 is 4.79 Å². The average molecular weight is 153 g/mol. The normalized spacial score (nSPS) is 23.3. The summed E-state index contributed by atoms with van der Waals surface area (Å²) >= 11 is 0. The van der Waals surface area contributed by atoms with E-state index in [2.05, 4.69) is 5.32 Å². The molecule has 0 aromatic rings. The van der Waals surface area contributed by atoms with Gasteiger partial charge in [-0.3, -0.25) is 4.79 Å². The van der Waals surface area contributed by atoms with Gasteiger partial charge in [0.15, 0.2) is 5.78 Å². The number of hydrogen-bond donors (Lipinski definition) is 1. The third-order valence-electron chi connectivity index (χ3n) is 1.89. The van der Waals surface area contributed by atoms with Crippen molar-refractivity contribution in [3.05, 3.63) is 11.6 Å². The molecule has 0 aromatic heterocycles. The maximum absolute atomic E-state index is 11.3. The Balaban J connectivity index is 2.47. The standard InChI is InChI=1S/C9H15NO/c1-7(2)5-9(11)8-3-4-10-6-8/h5,8,10H,3-4,6H2,1-2H3. The smallest absolute Gasteiger partial charge is 0.160 e. The molecule has 0 saturated carbocycles. The highest BCUT2D eigenvalue weighted by molar-refractivity contribution is 5.92. The summed E-state index contributed by atoms with van der Waals surface area (Å²) in [5.41, 5.74) is 1.10. The number of nitrogens with one attached hydrogen (secondary N) is 1. The fraction of sp³-hybridized carbons (Fsp3) is 0.667. The van der Waals surface area contributed by atoms with Crippen LogP contribution in [0.5, 0.6) is 0 Å². The van der Waals surface area contributed by atoms with E-state index >= 15 is 0 Å². The Morgan fingerprint density at radius 2 is 2.27 bits per heavy atom. The van der Waals surface area contributed by atoms with Crippen LogP contribution in [0.1, 0.15) is 20.3 Å². The van der Waals surface area contributed by atoms with Crippen molar-refractivity contribution >= 4 is 5.78 Å². The highest BCUT2D eigenvalue weighted by atomic mass is 16.1. The summed E-state index contributed by atoms with van der Waals surface area (Å²) < 4.78 is 0. The van der Waals surface area contributed by atoms with Crippen LogP contribution in [-0.2, 0) is 4.79 Å². The van der Waals surface area contributed by atoms with Gasteiger partial charge in [0, 0.05) is 12.5 Å². The molecular weight excluding hydrogens is 138 g/mol. The molecule has 2 nitrogen and oxygen atoms in total. The van der Waals surface area contributed by atoms with E-state index in [1.807, 2.05) is 13.8 Å². The first-order valence-corrected chi connectivity index (χ1v) is 4.09. The monoisotopic (exact) mass is 153 g/mol. The van der Waals surface area contributed by atoms with E-state index in [0.29, 0.717) is 0 Å². The molecule has 0 spiro atoms. The number of allylic oxidation sites excluding steroid dienone is 2. The van der Waals surface area contributed by atoms with Crippen LogP contribution in [0.25, 0.3) is 0 Å². The topological polar surface area (TPSA) is 29.1 Å². The Labute approximate surface area is 67.7 Å². The Kier molecular flexibility index (Phi) is 2.83. The Morgan fingerprint density at radius 1 is 1.55 bits per heavy atom. The fourth-order valence-electron chi connectivity index (χ4n) is 1.30. The predicted molar refractivity (Wildman–Crippen MR) is 45.4 cm³/mol. The summed E-state index contributed by atoms with van der Waals surface area (Å²) in [6.07, 6.45) is 2.75. The van der Waals surface area contributed by atoms with E-state index in [-0.39, 0.29) is 11.7 Å². The highest BCUT2D eigenvalue weighted by Crippen LogP contribution is 2.10. The lowest BCUT2D eigenvalue weighted by Crippen LogP contribution is -2.15. The van der Waals surface area contributed by atoms with Crippen molar-refractivity contribution in [2.75, 3.05) is 13.1 Å². The molecule has 1 aliphatic rings. The van der Waals surface area contributed by atoms with E-state index in [9.17, 15) is 4.79 Å². The van der Waals surface area contributed by atoms with Crippen LogP contribution < -0.4 is 5.32 Å². The lowest BCUT2D eigenvalue weighted by Gasteiger charge is -2.01. The Bertz CT molecular complexity index is 174. The van der Waals surface area contributed by atoms with Gasteiger partial charge in [-0.1, -0.05) is 5.57 Å². The second-order valence-electron chi connectivity index (χ2n) is 3.31. The average Bonchev–Trinajstić information content (AvgIpc) is 2.35. The first kappa shape index (κ1) is 8.47. The third kappa shape index (κ3) is 2.46. The van der Waals surface area contributed by atoms with Crippen LogP contribution in [0, 0.1) is 5.92 Å². The number of rotatable bonds is 2. The molecule has 0 radical (unpaired) electrons. The first-order valence-electron chi connectivity index (χ1n) is 4.09.